The average molecular weight is 709 g/mol. The molecule has 2 N–H and O–H groups in total. The number of benzene rings is 3. The number of aliphatic carboxylic acids is 1. The third-order valence-electron chi connectivity index (χ3n) is 11.8. The van der Waals surface area contributed by atoms with Crippen molar-refractivity contribution in [1.29, 1.82) is 0 Å². The highest BCUT2D eigenvalue weighted by Crippen LogP contribution is 2.57. The van der Waals surface area contributed by atoms with Gasteiger partial charge in [-0.3, -0.25) is 4.98 Å². The number of rotatable bonds is 12. The lowest BCUT2D eigenvalue weighted by molar-refractivity contribution is -0.144. The van der Waals surface area contributed by atoms with Gasteiger partial charge >= 0.3 is 5.97 Å². The van der Waals surface area contributed by atoms with Crippen LogP contribution < -0.4 is 19.5 Å². The molecule has 0 aliphatic heterocycles. The van der Waals surface area contributed by atoms with E-state index in [-0.39, 0.29) is 5.41 Å². The summed E-state index contributed by atoms with van der Waals surface area (Å²) < 4.78 is 18.4. The quantitative estimate of drug-likeness (QED) is 0.151. The Hall–Kier alpha value is -4.23. The molecule has 4 aromatic rings. The Morgan fingerprint density at radius 1 is 1.02 bits per heavy atom. The first-order valence-electron chi connectivity index (χ1n) is 18.4. The van der Waals surface area contributed by atoms with Gasteiger partial charge < -0.3 is 24.6 Å². The van der Waals surface area contributed by atoms with Crippen LogP contribution in [-0.4, -0.2) is 35.3 Å². The lowest BCUT2D eigenvalue weighted by Crippen LogP contribution is -2.53. The topological polar surface area (TPSA) is 89.9 Å². The minimum absolute atomic E-state index is 0.168. The Morgan fingerprint density at radius 3 is 2.63 bits per heavy atom. The number of hydrogen-bond acceptors (Lipinski definition) is 6. The Kier molecular flexibility index (Phi) is 10.2. The Bertz CT molecular complexity index is 1870. The number of nitrogens with zero attached hydrogens (tertiary/aromatic N) is 1. The average Bonchev–Trinajstić information content (AvgIpc) is 3.42. The molecule has 0 saturated heterocycles. The van der Waals surface area contributed by atoms with Crippen molar-refractivity contribution in [3.05, 3.63) is 112 Å². The number of fused-ring (bicyclic) bond motifs is 3. The molecule has 0 bridgehead atoms. The highest BCUT2D eigenvalue weighted by atomic mass is 35.5. The lowest BCUT2D eigenvalue weighted by atomic mass is 9.59. The molecule has 3 aliphatic rings. The fraction of sp³-hybridized carbons (Fsp3) is 0.442. The number of nitrogens with one attached hydrogen (secondary N) is 1. The van der Waals surface area contributed by atoms with Gasteiger partial charge in [0, 0.05) is 28.2 Å². The number of hydrogen-bond donors (Lipinski definition) is 2. The van der Waals surface area contributed by atoms with Crippen molar-refractivity contribution >= 4 is 23.3 Å². The molecule has 1 aromatic heterocycles. The first-order chi connectivity index (χ1) is 24.7. The maximum absolute atomic E-state index is 13.0. The van der Waals surface area contributed by atoms with Crippen LogP contribution in [0.25, 0.3) is 0 Å². The molecule has 0 unspecified atom stereocenters. The van der Waals surface area contributed by atoms with Crippen molar-refractivity contribution in [3.8, 4) is 17.2 Å². The van der Waals surface area contributed by atoms with Crippen LogP contribution in [-0.2, 0) is 29.7 Å². The Labute approximate surface area is 306 Å². The summed E-state index contributed by atoms with van der Waals surface area (Å²) in [6, 6.07) is 23.9. The van der Waals surface area contributed by atoms with Gasteiger partial charge in [0.05, 0.1) is 13.7 Å². The second-order valence-electron chi connectivity index (χ2n) is 15.2. The second-order valence-corrected chi connectivity index (χ2v) is 15.6. The minimum atomic E-state index is -1.07. The van der Waals surface area contributed by atoms with Crippen molar-refractivity contribution in [2.75, 3.05) is 19.0 Å². The number of anilines is 1. The monoisotopic (exact) mass is 708 g/mol. The summed E-state index contributed by atoms with van der Waals surface area (Å²) in [5.41, 5.74) is 5.64. The van der Waals surface area contributed by atoms with Crippen LogP contribution in [0.3, 0.4) is 0 Å². The number of methoxy groups -OCH3 is 1. The van der Waals surface area contributed by atoms with E-state index in [4.69, 9.17) is 25.8 Å². The molecule has 3 aromatic carbocycles. The molecule has 7 rings (SSSR count). The first-order valence-corrected chi connectivity index (χ1v) is 18.8. The second kappa shape index (κ2) is 14.8. The van der Waals surface area contributed by atoms with Crippen molar-refractivity contribution in [2.45, 2.75) is 95.1 Å². The van der Waals surface area contributed by atoms with E-state index in [2.05, 4.69) is 42.3 Å². The van der Waals surface area contributed by atoms with E-state index in [1.54, 1.807) is 19.2 Å². The van der Waals surface area contributed by atoms with Crippen LogP contribution in [0.2, 0.25) is 5.02 Å². The summed E-state index contributed by atoms with van der Waals surface area (Å²) in [6.45, 7) is 5.65. The van der Waals surface area contributed by atoms with Crippen molar-refractivity contribution in [1.82, 2.24) is 4.98 Å². The normalized spacial score (nSPS) is 24.3. The summed E-state index contributed by atoms with van der Waals surface area (Å²) in [5.74, 6) is 2.91. The number of pyridine rings is 1. The van der Waals surface area contributed by atoms with Gasteiger partial charge in [0.2, 0.25) is 0 Å². The van der Waals surface area contributed by atoms with Gasteiger partial charge in [0.25, 0.3) is 0 Å². The van der Waals surface area contributed by atoms with E-state index in [0.717, 1.165) is 60.6 Å². The van der Waals surface area contributed by atoms with E-state index in [0.29, 0.717) is 48.8 Å². The van der Waals surface area contributed by atoms with Gasteiger partial charge in [-0.05, 0) is 146 Å². The highest BCUT2D eigenvalue weighted by Gasteiger charge is 2.54. The predicted molar refractivity (Wildman–Crippen MR) is 201 cm³/mol. The number of ether oxygens (including phenoxy) is 3. The summed E-state index contributed by atoms with van der Waals surface area (Å²) in [6.07, 6.45) is 9.72. The largest absolute Gasteiger partial charge is 0.497 e. The highest BCUT2D eigenvalue weighted by molar-refractivity contribution is 6.30. The number of carbonyl (C=O) groups is 1. The molecule has 268 valence electrons. The van der Waals surface area contributed by atoms with Gasteiger partial charge in [0.1, 0.15) is 29.4 Å². The SMILES string of the molecule is COc1cccc(COc2ccc3c(c2)C2(CCC(Nc4cccc(Cl)c4)(C(=O)O)CC2)[C@@H](C[C@@H](C)COc2ccnc4c2[C@H](C)CCC4)C3)c1. The smallest absolute Gasteiger partial charge is 0.329 e. The molecule has 3 aliphatic carbocycles. The van der Waals surface area contributed by atoms with Crippen molar-refractivity contribution < 1.29 is 24.1 Å². The zero-order chi connectivity index (χ0) is 35.6. The summed E-state index contributed by atoms with van der Waals surface area (Å²) in [4.78, 5) is 17.7. The van der Waals surface area contributed by atoms with E-state index in [1.165, 1.54) is 35.2 Å². The van der Waals surface area contributed by atoms with Gasteiger partial charge in [0.15, 0.2) is 0 Å². The van der Waals surface area contributed by atoms with Gasteiger partial charge in [-0.1, -0.05) is 49.7 Å². The first kappa shape index (κ1) is 35.2. The van der Waals surface area contributed by atoms with Crippen molar-refractivity contribution in [2.24, 2.45) is 11.8 Å². The van der Waals surface area contributed by atoms with E-state index in [1.807, 2.05) is 48.7 Å². The molecule has 3 atom stereocenters. The summed E-state index contributed by atoms with van der Waals surface area (Å²) in [7, 11) is 1.67. The maximum Gasteiger partial charge on any atom is 0.329 e. The fourth-order valence-corrected chi connectivity index (χ4v) is 9.29. The molecule has 1 spiro atoms. The molecule has 1 heterocycles. The van der Waals surface area contributed by atoms with E-state index < -0.39 is 11.5 Å². The van der Waals surface area contributed by atoms with E-state index >= 15 is 0 Å². The summed E-state index contributed by atoms with van der Waals surface area (Å²) >= 11 is 6.29. The molecule has 51 heavy (non-hydrogen) atoms. The molecular formula is C43H49ClN2O5. The molecule has 0 amide bonds. The maximum atomic E-state index is 13.0. The van der Waals surface area contributed by atoms with Crippen LogP contribution in [0.1, 0.15) is 92.7 Å². The number of carboxylic acids is 1. The number of aryl methyl sites for hydroxylation is 1. The third-order valence-corrected chi connectivity index (χ3v) is 12.0. The molecule has 1 fully saturated rings. The Morgan fingerprint density at radius 2 is 1.84 bits per heavy atom. The van der Waals surface area contributed by atoms with Gasteiger partial charge in [-0.25, -0.2) is 4.79 Å². The molecule has 0 radical (unpaired) electrons. The van der Waals surface area contributed by atoms with Crippen LogP contribution in [0, 0.1) is 11.8 Å². The zero-order valence-corrected chi connectivity index (χ0v) is 30.7. The molecule has 8 heteroatoms. The van der Waals surface area contributed by atoms with E-state index in [9.17, 15) is 9.90 Å². The van der Waals surface area contributed by atoms with Crippen LogP contribution >= 0.6 is 11.6 Å². The third kappa shape index (κ3) is 7.28. The van der Waals surface area contributed by atoms with Crippen LogP contribution in [0.4, 0.5) is 5.69 Å². The van der Waals surface area contributed by atoms with Gasteiger partial charge in [-0.15, -0.1) is 0 Å². The number of aromatic nitrogens is 1. The van der Waals surface area contributed by atoms with Crippen LogP contribution in [0.15, 0.2) is 79.0 Å². The minimum Gasteiger partial charge on any atom is -0.497 e. The molecule has 7 nitrogen and oxygen atoms in total. The fourth-order valence-electron chi connectivity index (χ4n) is 9.10. The predicted octanol–water partition coefficient (Wildman–Crippen LogP) is 9.79. The van der Waals surface area contributed by atoms with Gasteiger partial charge in [-0.2, -0.15) is 0 Å². The van der Waals surface area contributed by atoms with Crippen molar-refractivity contribution in [3.63, 3.8) is 0 Å². The number of halogens is 1. The standard InChI is InChI=1S/C43H49ClN2O5/c1-28(26-51-39-15-20-45-38-12-4-7-29(2)40(38)39)21-32-23-31-13-14-36(50-27-30-8-5-11-35(22-30)49-3)25-37(31)42(32)16-18-43(19-17-42,41(47)48)46-34-10-6-9-33(44)24-34/h5-6,8-11,13-15,20,22,24-25,28-29,32,46H,4,7,12,16-19,21,23,26-27H2,1-3H3,(H,47,48)/t28-,29-,32+,42?,43?/m1/s1. The molecule has 1 saturated carbocycles. The lowest BCUT2D eigenvalue weighted by Gasteiger charge is -2.47. The molecular weight excluding hydrogens is 660 g/mol. The summed E-state index contributed by atoms with van der Waals surface area (Å²) in [5, 5.41) is 14.6. The number of carboxylic acid groups (broad SMARTS) is 1. The zero-order valence-electron chi connectivity index (χ0n) is 29.9. The Balaban J connectivity index is 1.13. The van der Waals surface area contributed by atoms with Crippen LogP contribution in [0.5, 0.6) is 17.2 Å².